The van der Waals surface area contributed by atoms with E-state index in [9.17, 15) is 0 Å². The largest absolute Gasteiger partial charge is 0.485 e. The van der Waals surface area contributed by atoms with Crippen LogP contribution in [0, 0.1) is 0 Å². The van der Waals surface area contributed by atoms with Crippen molar-refractivity contribution in [3.8, 4) is 5.75 Å². The van der Waals surface area contributed by atoms with E-state index >= 15 is 0 Å². The first kappa shape index (κ1) is 13.5. The number of ether oxygens (including phenoxy) is 1. The molecule has 0 aliphatic carbocycles. The van der Waals surface area contributed by atoms with Crippen LogP contribution in [0.25, 0.3) is 0 Å². The maximum Gasteiger partial charge on any atom is 0.164 e. The van der Waals surface area contributed by atoms with Crippen LogP contribution in [0.5, 0.6) is 5.75 Å². The number of nitrogens with zero attached hydrogens (tertiary/aromatic N) is 3. The van der Waals surface area contributed by atoms with Gasteiger partial charge in [-0.3, -0.25) is 4.68 Å². The molecule has 102 valence electrons. The number of nitrogens with one attached hydrogen (secondary N) is 1. The number of rotatable bonds is 6. The van der Waals surface area contributed by atoms with Crippen molar-refractivity contribution in [2.45, 2.75) is 26.5 Å². The normalized spacial score (nSPS) is 12.4. The Morgan fingerprint density at radius 2 is 2.16 bits per heavy atom. The molecule has 0 radical (unpaired) electrons. The molecule has 0 aliphatic heterocycles. The summed E-state index contributed by atoms with van der Waals surface area (Å²) in [5.41, 5.74) is 1.16. The molecule has 0 bridgehead atoms. The van der Waals surface area contributed by atoms with Crippen molar-refractivity contribution in [1.82, 2.24) is 20.1 Å². The van der Waals surface area contributed by atoms with E-state index in [2.05, 4.69) is 35.3 Å². The number of benzene rings is 1. The van der Waals surface area contributed by atoms with Crippen LogP contribution in [-0.4, -0.2) is 21.3 Å². The lowest BCUT2D eigenvalue weighted by Crippen LogP contribution is -2.18. The average Bonchev–Trinajstić information content (AvgIpc) is 2.82. The van der Waals surface area contributed by atoms with Crippen LogP contribution >= 0.6 is 0 Å². The molecule has 1 atom stereocenters. The topological polar surface area (TPSA) is 52.0 Å². The summed E-state index contributed by atoms with van der Waals surface area (Å²) in [6.45, 7) is 5.58. The monoisotopic (exact) mass is 260 g/mol. The summed E-state index contributed by atoms with van der Waals surface area (Å²) < 4.78 is 7.59. The lowest BCUT2D eigenvalue weighted by atomic mass is 10.1. The Labute approximate surface area is 113 Å². The summed E-state index contributed by atoms with van der Waals surface area (Å²) in [6.07, 6.45) is 1.53. The van der Waals surface area contributed by atoms with E-state index in [1.807, 2.05) is 25.2 Å². The first-order chi connectivity index (χ1) is 9.22. The van der Waals surface area contributed by atoms with Crippen molar-refractivity contribution in [3.05, 3.63) is 42.0 Å². The Bertz CT molecular complexity index is 524. The third-order valence-corrected chi connectivity index (χ3v) is 3.06. The smallest absolute Gasteiger partial charge is 0.164 e. The van der Waals surface area contributed by atoms with Crippen molar-refractivity contribution < 1.29 is 4.74 Å². The van der Waals surface area contributed by atoms with E-state index in [0.717, 1.165) is 23.7 Å². The predicted molar refractivity (Wildman–Crippen MR) is 73.9 cm³/mol. The highest BCUT2D eigenvalue weighted by atomic mass is 16.5. The van der Waals surface area contributed by atoms with E-state index < -0.39 is 0 Å². The maximum absolute atomic E-state index is 5.87. The standard InChI is InChI=1S/C14H20N4O/c1-4-15-11(2)12-7-5-6-8-13(12)19-9-14-16-10-17-18(14)3/h5-8,10-11,15H,4,9H2,1-3H3. The second-order valence-electron chi connectivity index (χ2n) is 4.41. The molecule has 0 amide bonds. The summed E-state index contributed by atoms with van der Waals surface area (Å²) in [6, 6.07) is 8.34. The zero-order valence-electron chi connectivity index (χ0n) is 11.6. The molecule has 1 unspecified atom stereocenters. The fourth-order valence-electron chi connectivity index (χ4n) is 1.98. The zero-order chi connectivity index (χ0) is 13.7. The Hall–Kier alpha value is -1.88. The Morgan fingerprint density at radius 1 is 1.37 bits per heavy atom. The zero-order valence-corrected chi connectivity index (χ0v) is 11.6. The van der Waals surface area contributed by atoms with Crippen LogP contribution < -0.4 is 10.1 Å². The highest BCUT2D eigenvalue weighted by molar-refractivity contribution is 5.35. The van der Waals surface area contributed by atoms with Gasteiger partial charge in [0.25, 0.3) is 0 Å². The van der Waals surface area contributed by atoms with Crippen molar-refractivity contribution in [1.29, 1.82) is 0 Å². The quantitative estimate of drug-likeness (QED) is 0.864. The van der Waals surface area contributed by atoms with Crippen molar-refractivity contribution in [2.75, 3.05) is 6.54 Å². The van der Waals surface area contributed by atoms with Crippen molar-refractivity contribution in [3.63, 3.8) is 0 Å². The molecule has 5 heteroatoms. The van der Waals surface area contributed by atoms with Crippen molar-refractivity contribution >= 4 is 0 Å². The van der Waals surface area contributed by atoms with Crippen LogP contribution in [-0.2, 0) is 13.7 Å². The van der Waals surface area contributed by atoms with Crippen LogP contribution in [0.1, 0.15) is 31.3 Å². The number of hydrogen-bond donors (Lipinski definition) is 1. The average molecular weight is 260 g/mol. The molecule has 0 saturated heterocycles. The molecule has 5 nitrogen and oxygen atoms in total. The lowest BCUT2D eigenvalue weighted by Gasteiger charge is -2.17. The van der Waals surface area contributed by atoms with Gasteiger partial charge < -0.3 is 10.1 Å². The van der Waals surface area contributed by atoms with E-state index in [0.29, 0.717) is 6.61 Å². The molecule has 2 rings (SSSR count). The molecule has 0 aliphatic rings. The van der Waals surface area contributed by atoms with Crippen LogP contribution in [0.4, 0.5) is 0 Å². The SMILES string of the molecule is CCNC(C)c1ccccc1OCc1ncnn1C. The minimum atomic E-state index is 0.265. The van der Waals surface area contributed by atoms with Gasteiger partial charge >= 0.3 is 0 Å². The first-order valence-electron chi connectivity index (χ1n) is 6.50. The van der Waals surface area contributed by atoms with E-state index in [-0.39, 0.29) is 6.04 Å². The van der Waals surface area contributed by atoms with E-state index in [1.54, 1.807) is 4.68 Å². The molecule has 0 saturated carbocycles. The number of aryl methyl sites for hydroxylation is 1. The minimum absolute atomic E-state index is 0.265. The molecule has 2 aromatic rings. The second-order valence-corrected chi connectivity index (χ2v) is 4.41. The summed E-state index contributed by atoms with van der Waals surface area (Å²) in [7, 11) is 1.86. The summed E-state index contributed by atoms with van der Waals surface area (Å²) in [4.78, 5) is 4.15. The minimum Gasteiger partial charge on any atom is -0.485 e. The van der Waals surface area contributed by atoms with E-state index in [4.69, 9.17) is 4.74 Å². The number of hydrogen-bond acceptors (Lipinski definition) is 4. The molecular weight excluding hydrogens is 240 g/mol. The van der Waals surface area contributed by atoms with Gasteiger partial charge in [0.15, 0.2) is 5.82 Å². The molecule has 1 N–H and O–H groups in total. The van der Waals surface area contributed by atoms with Gasteiger partial charge in [0, 0.05) is 18.7 Å². The molecule has 0 spiro atoms. The molecule has 0 fully saturated rings. The molecule has 1 aromatic carbocycles. The van der Waals surface area contributed by atoms with Crippen LogP contribution in [0.2, 0.25) is 0 Å². The molecular formula is C14H20N4O. The second kappa shape index (κ2) is 6.33. The Morgan fingerprint density at radius 3 is 2.84 bits per heavy atom. The van der Waals surface area contributed by atoms with Gasteiger partial charge in [-0.15, -0.1) is 0 Å². The van der Waals surface area contributed by atoms with Crippen LogP contribution in [0.15, 0.2) is 30.6 Å². The maximum atomic E-state index is 5.87. The third-order valence-electron chi connectivity index (χ3n) is 3.06. The van der Waals surface area contributed by atoms with Gasteiger partial charge in [-0.2, -0.15) is 5.10 Å². The van der Waals surface area contributed by atoms with Gasteiger partial charge in [0.1, 0.15) is 18.7 Å². The van der Waals surface area contributed by atoms with Gasteiger partial charge in [0.05, 0.1) is 0 Å². The van der Waals surface area contributed by atoms with Crippen molar-refractivity contribution in [2.24, 2.45) is 7.05 Å². The first-order valence-corrected chi connectivity index (χ1v) is 6.50. The molecule has 1 heterocycles. The Kier molecular flexibility index (Phi) is 4.52. The predicted octanol–water partition coefficient (Wildman–Crippen LogP) is 2.06. The summed E-state index contributed by atoms with van der Waals surface area (Å²) in [5, 5.41) is 7.42. The number of aromatic nitrogens is 3. The van der Waals surface area contributed by atoms with Crippen LogP contribution in [0.3, 0.4) is 0 Å². The molecule has 1 aromatic heterocycles. The third kappa shape index (κ3) is 3.32. The highest BCUT2D eigenvalue weighted by Crippen LogP contribution is 2.25. The number of para-hydroxylation sites is 1. The van der Waals surface area contributed by atoms with Gasteiger partial charge in [-0.25, -0.2) is 4.98 Å². The fraction of sp³-hybridized carbons (Fsp3) is 0.429. The van der Waals surface area contributed by atoms with E-state index in [1.165, 1.54) is 6.33 Å². The fourth-order valence-corrected chi connectivity index (χ4v) is 1.98. The highest BCUT2D eigenvalue weighted by Gasteiger charge is 2.11. The van der Waals surface area contributed by atoms with Gasteiger partial charge in [-0.1, -0.05) is 25.1 Å². The van der Waals surface area contributed by atoms with Gasteiger partial charge in [-0.05, 0) is 19.5 Å². The Balaban J connectivity index is 2.09. The summed E-state index contributed by atoms with van der Waals surface area (Å²) >= 11 is 0. The molecule has 19 heavy (non-hydrogen) atoms. The lowest BCUT2D eigenvalue weighted by molar-refractivity contribution is 0.284. The van der Waals surface area contributed by atoms with Gasteiger partial charge in [0.2, 0.25) is 0 Å². The summed E-state index contributed by atoms with van der Waals surface area (Å²) in [5.74, 6) is 1.70.